The highest BCUT2D eigenvalue weighted by atomic mass is 16.5. The molecule has 0 aromatic carbocycles. The highest BCUT2D eigenvalue weighted by molar-refractivity contribution is 5.79. The van der Waals surface area contributed by atoms with Gasteiger partial charge < -0.3 is 20.7 Å². The lowest BCUT2D eigenvalue weighted by Crippen LogP contribution is -2.47. The average Bonchev–Trinajstić information content (AvgIpc) is 2.34. The van der Waals surface area contributed by atoms with Crippen LogP contribution in [0.2, 0.25) is 0 Å². The van der Waals surface area contributed by atoms with Gasteiger partial charge in [0.05, 0.1) is 6.04 Å². The van der Waals surface area contributed by atoms with E-state index in [1.807, 2.05) is 13.8 Å². The van der Waals surface area contributed by atoms with Gasteiger partial charge in [0.15, 0.2) is 0 Å². The fourth-order valence-corrected chi connectivity index (χ4v) is 2.35. The molecule has 0 saturated carbocycles. The third kappa shape index (κ3) is 5.33. The molecule has 0 aromatic rings. The number of hydrogen-bond acceptors (Lipinski definition) is 4. The van der Waals surface area contributed by atoms with E-state index in [2.05, 4.69) is 17.3 Å². The molecule has 0 spiro atoms. The summed E-state index contributed by atoms with van der Waals surface area (Å²) in [4.78, 5) is 13.7. The molecule has 1 rings (SSSR count). The van der Waals surface area contributed by atoms with Crippen molar-refractivity contribution in [1.29, 1.82) is 0 Å². The summed E-state index contributed by atoms with van der Waals surface area (Å²) in [5.74, 6) is -0.260. The van der Waals surface area contributed by atoms with Gasteiger partial charge in [-0.1, -0.05) is 13.8 Å². The van der Waals surface area contributed by atoms with E-state index < -0.39 is 0 Å². The fourth-order valence-electron chi connectivity index (χ4n) is 2.35. The first kappa shape index (κ1) is 15.4. The molecule has 5 heteroatoms. The minimum absolute atomic E-state index is 0.229. The molecular formula is C13H27N3O2. The average molecular weight is 257 g/mol. The topological polar surface area (TPSA) is 67.6 Å². The highest BCUT2D eigenvalue weighted by Crippen LogP contribution is 2.13. The standard InChI is InChI=1S/C13H27N3O2/c1-10(2)15-12(13(14)17)4-7-16(3)11-5-8-18-9-6-11/h10-12,15H,4-9H2,1-3H3,(H2,14,17). The maximum absolute atomic E-state index is 11.3. The first-order valence-corrected chi connectivity index (χ1v) is 6.84. The number of nitrogens with zero attached hydrogens (tertiary/aromatic N) is 1. The predicted octanol–water partition coefficient (Wildman–Crippen LogP) is 0.339. The Balaban J connectivity index is 2.33. The van der Waals surface area contributed by atoms with Gasteiger partial charge in [-0.3, -0.25) is 4.79 Å². The molecule has 1 atom stereocenters. The van der Waals surface area contributed by atoms with Gasteiger partial charge in [-0.15, -0.1) is 0 Å². The van der Waals surface area contributed by atoms with Gasteiger partial charge in [0.1, 0.15) is 0 Å². The number of rotatable bonds is 7. The Hall–Kier alpha value is -0.650. The molecule has 3 N–H and O–H groups in total. The van der Waals surface area contributed by atoms with Gasteiger partial charge in [-0.25, -0.2) is 0 Å². The summed E-state index contributed by atoms with van der Waals surface area (Å²) in [7, 11) is 2.11. The summed E-state index contributed by atoms with van der Waals surface area (Å²) < 4.78 is 5.35. The summed E-state index contributed by atoms with van der Waals surface area (Å²) in [5.41, 5.74) is 5.41. The van der Waals surface area contributed by atoms with Crippen LogP contribution in [-0.2, 0) is 9.53 Å². The van der Waals surface area contributed by atoms with E-state index in [4.69, 9.17) is 10.5 Å². The van der Waals surface area contributed by atoms with Crippen molar-refractivity contribution in [2.75, 3.05) is 26.8 Å². The number of amides is 1. The molecule has 1 aliphatic heterocycles. The normalized spacial score (nSPS) is 19.4. The fraction of sp³-hybridized carbons (Fsp3) is 0.923. The zero-order valence-corrected chi connectivity index (χ0v) is 11.8. The first-order chi connectivity index (χ1) is 8.50. The third-order valence-electron chi connectivity index (χ3n) is 3.46. The molecule has 1 saturated heterocycles. The van der Waals surface area contributed by atoms with E-state index in [-0.39, 0.29) is 18.0 Å². The molecular weight excluding hydrogens is 230 g/mol. The Morgan fingerprint density at radius 3 is 2.56 bits per heavy atom. The number of hydrogen-bond donors (Lipinski definition) is 2. The summed E-state index contributed by atoms with van der Waals surface area (Å²) in [5, 5.41) is 3.21. The Bertz CT molecular complexity index is 253. The lowest BCUT2D eigenvalue weighted by molar-refractivity contribution is -0.120. The second-order valence-electron chi connectivity index (χ2n) is 5.39. The zero-order valence-electron chi connectivity index (χ0n) is 11.8. The van der Waals surface area contributed by atoms with E-state index in [1.165, 1.54) is 0 Å². The van der Waals surface area contributed by atoms with Crippen LogP contribution in [0.15, 0.2) is 0 Å². The molecule has 1 amide bonds. The highest BCUT2D eigenvalue weighted by Gasteiger charge is 2.21. The van der Waals surface area contributed by atoms with Crippen molar-refractivity contribution in [2.24, 2.45) is 5.73 Å². The van der Waals surface area contributed by atoms with Crippen molar-refractivity contribution >= 4 is 5.91 Å². The van der Waals surface area contributed by atoms with Gasteiger partial charge in [-0.05, 0) is 26.3 Å². The van der Waals surface area contributed by atoms with Gasteiger partial charge in [0, 0.05) is 31.8 Å². The van der Waals surface area contributed by atoms with Crippen LogP contribution in [0, 0.1) is 0 Å². The summed E-state index contributed by atoms with van der Waals surface area (Å²) in [6.07, 6.45) is 2.92. The van der Waals surface area contributed by atoms with Crippen molar-refractivity contribution in [3.63, 3.8) is 0 Å². The number of carbonyl (C=O) groups is 1. The van der Waals surface area contributed by atoms with Crippen LogP contribution in [0.3, 0.4) is 0 Å². The van der Waals surface area contributed by atoms with Crippen molar-refractivity contribution in [1.82, 2.24) is 10.2 Å². The second kappa shape index (κ2) is 7.71. The van der Waals surface area contributed by atoms with Crippen molar-refractivity contribution in [3.05, 3.63) is 0 Å². The molecule has 1 fully saturated rings. The smallest absolute Gasteiger partial charge is 0.234 e. The number of primary amides is 1. The number of carbonyl (C=O) groups excluding carboxylic acids is 1. The van der Waals surface area contributed by atoms with E-state index in [9.17, 15) is 4.79 Å². The third-order valence-corrected chi connectivity index (χ3v) is 3.46. The molecule has 1 unspecified atom stereocenters. The largest absolute Gasteiger partial charge is 0.381 e. The van der Waals surface area contributed by atoms with Gasteiger partial charge >= 0.3 is 0 Å². The van der Waals surface area contributed by atoms with Crippen LogP contribution in [0.4, 0.5) is 0 Å². The van der Waals surface area contributed by atoms with Crippen LogP contribution < -0.4 is 11.1 Å². The van der Waals surface area contributed by atoms with Crippen LogP contribution in [0.25, 0.3) is 0 Å². The molecule has 0 aliphatic carbocycles. The maximum Gasteiger partial charge on any atom is 0.234 e. The Morgan fingerprint density at radius 2 is 2.06 bits per heavy atom. The molecule has 18 heavy (non-hydrogen) atoms. The number of ether oxygens (including phenoxy) is 1. The lowest BCUT2D eigenvalue weighted by atomic mass is 10.1. The molecule has 1 aliphatic rings. The molecule has 106 valence electrons. The van der Waals surface area contributed by atoms with Gasteiger partial charge in [0.25, 0.3) is 0 Å². The summed E-state index contributed by atoms with van der Waals surface area (Å²) in [6, 6.07) is 0.620. The molecule has 0 radical (unpaired) electrons. The number of nitrogens with two attached hydrogens (primary N) is 1. The Kier molecular flexibility index (Phi) is 6.60. The van der Waals surface area contributed by atoms with Gasteiger partial charge in [0.2, 0.25) is 5.91 Å². The molecule has 5 nitrogen and oxygen atoms in total. The zero-order chi connectivity index (χ0) is 13.5. The van der Waals surface area contributed by atoms with Crippen LogP contribution in [0.5, 0.6) is 0 Å². The van der Waals surface area contributed by atoms with E-state index >= 15 is 0 Å². The van der Waals surface area contributed by atoms with Crippen LogP contribution >= 0.6 is 0 Å². The molecule has 1 heterocycles. The van der Waals surface area contributed by atoms with Crippen molar-refractivity contribution < 1.29 is 9.53 Å². The molecule has 0 bridgehead atoms. The maximum atomic E-state index is 11.3. The SMILES string of the molecule is CC(C)NC(CCN(C)C1CCOCC1)C(N)=O. The minimum Gasteiger partial charge on any atom is -0.381 e. The first-order valence-electron chi connectivity index (χ1n) is 6.84. The summed E-state index contributed by atoms with van der Waals surface area (Å²) in [6.45, 7) is 6.63. The Labute approximate surface area is 110 Å². The van der Waals surface area contributed by atoms with Crippen LogP contribution in [0.1, 0.15) is 33.1 Å². The Morgan fingerprint density at radius 1 is 1.44 bits per heavy atom. The van der Waals surface area contributed by atoms with Crippen LogP contribution in [-0.4, -0.2) is 55.7 Å². The predicted molar refractivity (Wildman–Crippen MR) is 72.3 cm³/mol. The van der Waals surface area contributed by atoms with E-state index in [0.29, 0.717) is 6.04 Å². The van der Waals surface area contributed by atoms with E-state index in [0.717, 1.165) is 39.0 Å². The number of nitrogens with one attached hydrogen (secondary N) is 1. The second-order valence-corrected chi connectivity index (χ2v) is 5.39. The van der Waals surface area contributed by atoms with E-state index in [1.54, 1.807) is 0 Å². The lowest BCUT2D eigenvalue weighted by Gasteiger charge is -2.32. The monoisotopic (exact) mass is 257 g/mol. The minimum atomic E-state index is -0.260. The molecule has 0 aromatic heterocycles. The summed E-state index contributed by atoms with van der Waals surface area (Å²) >= 11 is 0. The quantitative estimate of drug-likeness (QED) is 0.690. The van der Waals surface area contributed by atoms with Crippen molar-refractivity contribution in [2.45, 2.75) is 51.2 Å². The van der Waals surface area contributed by atoms with Gasteiger partial charge in [-0.2, -0.15) is 0 Å². The van der Waals surface area contributed by atoms with Crippen molar-refractivity contribution in [3.8, 4) is 0 Å².